The number of ether oxygens (including phenoxy) is 1. The molecule has 2 aliphatic rings. The molecule has 3 heterocycles. The number of hydrogen-bond acceptors (Lipinski definition) is 5. The summed E-state index contributed by atoms with van der Waals surface area (Å²) in [5.74, 6) is 0.00920. The number of amides is 1. The van der Waals surface area contributed by atoms with Crippen LogP contribution in [-0.4, -0.2) is 59.7 Å². The summed E-state index contributed by atoms with van der Waals surface area (Å²) < 4.78 is 18.4. The average Bonchev–Trinajstić information content (AvgIpc) is 3.01. The molecule has 2 fully saturated rings. The van der Waals surface area contributed by atoms with Crippen LogP contribution in [0.2, 0.25) is 0 Å². The number of likely N-dealkylation sites (tertiary alicyclic amines) is 1. The van der Waals surface area contributed by atoms with Gasteiger partial charge in [-0.2, -0.15) is 0 Å². The molecule has 0 bridgehead atoms. The first-order chi connectivity index (χ1) is 9.74. The van der Waals surface area contributed by atoms with Gasteiger partial charge in [0.15, 0.2) is 11.9 Å². The van der Waals surface area contributed by atoms with Crippen LogP contribution >= 0.6 is 0 Å². The summed E-state index contributed by atoms with van der Waals surface area (Å²) in [7, 11) is 0. The molecule has 0 spiro atoms. The summed E-state index contributed by atoms with van der Waals surface area (Å²) in [4.78, 5) is 23.9. The van der Waals surface area contributed by atoms with Crippen LogP contribution in [0.4, 0.5) is 10.3 Å². The van der Waals surface area contributed by atoms with E-state index >= 15 is 0 Å². The summed E-state index contributed by atoms with van der Waals surface area (Å²) in [6.45, 7) is 3.10. The molecule has 0 aromatic carbocycles. The second kappa shape index (κ2) is 5.70. The van der Waals surface area contributed by atoms with Crippen LogP contribution in [0.5, 0.6) is 0 Å². The van der Waals surface area contributed by atoms with Crippen LogP contribution in [0, 0.1) is 5.82 Å². The zero-order valence-electron chi connectivity index (χ0n) is 11.2. The predicted octanol–water partition coefficient (Wildman–Crippen LogP) is 0.443. The zero-order chi connectivity index (χ0) is 13.9. The largest absolute Gasteiger partial charge is 0.365 e. The van der Waals surface area contributed by atoms with E-state index in [4.69, 9.17) is 4.74 Å². The number of carbonyl (C=O) groups is 1. The van der Waals surface area contributed by atoms with Crippen molar-refractivity contribution >= 4 is 11.9 Å². The third kappa shape index (κ3) is 2.72. The van der Waals surface area contributed by atoms with Gasteiger partial charge in [-0.3, -0.25) is 4.79 Å². The smallest absolute Gasteiger partial charge is 0.253 e. The van der Waals surface area contributed by atoms with E-state index in [0.29, 0.717) is 25.6 Å². The van der Waals surface area contributed by atoms with Gasteiger partial charge < -0.3 is 14.5 Å². The number of morpholine rings is 1. The lowest BCUT2D eigenvalue weighted by Gasteiger charge is -2.33. The first-order valence-corrected chi connectivity index (χ1v) is 6.87. The van der Waals surface area contributed by atoms with Crippen molar-refractivity contribution in [3.8, 4) is 0 Å². The first-order valence-electron chi connectivity index (χ1n) is 6.87. The fourth-order valence-electron chi connectivity index (χ4n) is 2.59. The van der Waals surface area contributed by atoms with Crippen molar-refractivity contribution in [3.05, 3.63) is 18.2 Å². The maximum Gasteiger partial charge on any atom is 0.253 e. The van der Waals surface area contributed by atoms with Gasteiger partial charge >= 0.3 is 0 Å². The number of carbonyl (C=O) groups excluding carboxylic acids is 1. The molecule has 1 atom stereocenters. The molecule has 7 heteroatoms. The Labute approximate surface area is 116 Å². The highest BCUT2D eigenvalue weighted by atomic mass is 19.1. The van der Waals surface area contributed by atoms with Gasteiger partial charge in [-0.15, -0.1) is 0 Å². The van der Waals surface area contributed by atoms with Gasteiger partial charge in [-0.1, -0.05) is 0 Å². The highest BCUT2D eigenvalue weighted by Crippen LogP contribution is 2.16. The Morgan fingerprint density at radius 3 is 2.65 bits per heavy atom. The second-order valence-electron chi connectivity index (χ2n) is 5.04. The molecule has 0 N–H and O–H groups in total. The van der Waals surface area contributed by atoms with Crippen LogP contribution in [-0.2, 0) is 9.53 Å². The zero-order valence-corrected chi connectivity index (χ0v) is 11.2. The Morgan fingerprint density at radius 2 is 1.95 bits per heavy atom. The SMILES string of the molecule is O=C(C1CN(c2ncc(F)cn2)CCO1)N1CCCC1. The molecule has 1 unspecified atom stereocenters. The van der Waals surface area contributed by atoms with E-state index in [1.54, 1.807) is 0 Å². The van der Waals surface area contributed by atoms with Crippen LogP contribution in [0.1, 0.15) is 12.8 Å². The standard InChI is InChI=1S/C13H17FN4O2/c14-10-7-15-13(16-8-10)18-5-6-20-11(9-18)12(19)17-3-1-2-4-17/h7-8,11H,1-6,9H2. The molecule has 3 rings (SSSR count). The highest BCUT2D eigenvalue weighted by molar-refractivity contribution is 5.82. The predicted molar refractivity (Wildman–Crippen MR) is 69.8 cm³/mol. The van der Waals surface area contributed by atoms with E-state index in [2.05, 4.69) is 9.97 Å². The Morgan fingerprint density at radius 1 is 1.25 bits per heavy atom. The molecule has 2 aliphatic heterocycles. The fraction of sp³-hybridized carbons (Fsp3) is 0.615. The molecule has 0 radical (unpaired) electrons. The number of hydrogen-bond donors (Lipinski definition) is 0. The maximum absolute atomic E-state index is 12.8. The Kier molecular flexibility index (Phi) is 3.77. The molecule has 20 heavy (non-hydrogen) atoms. The third-order valence-corrected chi connectivity index (χ3v) is 3.65. The van der Waals surface area contributed by atoms with Crippen molar-refractivity contribution in [1.29, 1.82) is 0 Å². The van der Waals surface area contributed by atoms with E-state index in [9.17, 15) is 9.18 Å². The van der Waals surface area contributed by atoms with E-state index in [0.717, 1.165) is 38.3 Å². The van der Waals surface area contributed by atoms with E-state index in [1.165, 1.54) is 0 Å². The molecule has 1 amide bonds. The Hall–Kier alpha value is -1.76. The van der Waals surface area contributed by atoms with Crippen molar-refractivity contribution < 1.29 is 13.9 Å². The molecule has 6 nitrogen and oxygen atoms in total. The van der Waals surface area contributed by atoms with Crippen molar-refractivity contribution in [2.45, 2.75) is 18.9 Å². The van der Waals surface area contributed by atoms with Gasteiger partial charge in [-0.05, 0) is 12.8 Å². The lowest BCUT2D eigenvalue weighted by Crippen LogP contribution is -2.51. The summed E-state index contributed by atoms with van der Waals surface area (Å²) in [6.07, 6.45) is 3.91. The van der Waals surface area contributed by atoms with E-state index < -0.39 is 11.9 Å². The number of anilines is 1. The quantitative estimate of drug-likeness (QED) is 0.787. The minimum Gasteiger partial charge on any atom is -0.365 e. The Balaban J connectivity index is 1.66. The molecule has 0 saturated carbocycles. The normalized spacial score (nSPS) is 23.1. The summed E-state index contributed by atoms with van der Waals surface area (Å²) in [5, 5.41) is 0. The molecular weight excluding hydrogens is 263 g/mol. The lowest BCUT2D eigenvalue weighted by molar-refractivity contribution is -0.143. The second-order valence-corrected chi connectivity index (χ2v) is 5.04. The number of aromatic nitrogens is 2. The topological polar surface area (TPSA) is 58.6 Å². The first kappa shape index (κ1) is 13.2. The molecule has 1 aromatic rings. The van der Waals surface area contributed by atoms with Crippen LogP contribution in [0.25, 0.3) is 0 Å². The molecule has 1 aromatic heterocycles. The lowest BCUT2D eigenvalue weighted by atomic mass is 10.2. The number of halogens is 1. The van der Waals surface area contributed by atoms with Crippen LogP contribution < -0.4 is 4.90 Å². The number of nitrogens with zero attached hydrogens (tertiary/aromatic N) is 4. The molecule has 0 aliphatic carbocycles. The molecular formula is C13H17FN4O2. The fourth-order valence-corrected chi connectivity index (χ4v) is 2.59. The maximum atomic E-state index is 12.8. The van der Waals surface area contributed by atoms with Gasteiger partial charge in [-0.25, -0.2) is 14.4 Å². The monoisotopic (exact) mass is 280 g/mol. The summed E-state index contributed by atoms with van der Waals surface area (Å²) in [5.41, 5.74) is 0. The van der Waals surface area contributed by atoms with Gasteiger partial charge in [0.2, 0.25) is 5.95 Å². The van der Waals surface area contributed by atoms with E-state index in [1.807, 2.05) is 9.80 Å². The van der Waals surface area contributed by atoms with E-state index in [-0.39, 0.29) is 5.91 Å². The van der Waals surface area contributed by atoms with Crippen molar-refractivity contribution in [2.75, 3.05) is 37.7 Å². The average molecular weight is 280 g/mol. The highest BCUT2D eigenvalue weighted by Gasteiger charge is 2.32. The van der Waals surface area contributed by atoms with Gasteiger partial charge in [0.1, 0.15) is 0 Å². The molecule has 108 valence electrons. The van der Waals surface area contributed by atoms with Crippen molar-refractivity contribution in [3.63, 3.8) is 0 Å². The van der Waals surface area contributed by atoms with Crippen molar-refractivity contribution in [1.82, 2.24) is 14.9 Å². The third-order valence-electron chi connectivity index (χ3n) is 3.65. The van der Waals surface area contributed by atoms with Gasteiger partial charge in [0, 0.05) is 19.6 Å². The molecule has 2 saturated heterocycles. The summed E-state index contributed by atoms with van der Waals surface area (Å²) >= 11 is 0. The van der Waals surface area contributed by atoms with Crippen LogP contribution in [0.3, 0.4) is 0 Å². The minimum atomic E-state index is -0.476. The van der Waals surface area contributed by atoms with Crippen molar-refractivity contribution in [2.24, 2.45) is 0 Å². The van der Waals surface area contributed by atoms with Gasteiger partial charge in [0.25, 0.3) is 5.91 Å². The number of rotatable bonds is 2. The summed E-state index contributed by atoms with van der Waals surface area (Å²) in [6, 6.07) is 0. The Bertz CT molecular complexity index is 476. The van der Waals surface area contributed by atoms with Crippen LogP contribution in [0.15, 0.2) is 12.4 Å². The minimum absolute atomic E-state index is 0.0364. The van der Waals surface area contributed by atoms with Gasteiger partial charge in [0.05, 0.1) is 25.5 Å².